The lowest BCUT2D eigenvalue weighted by molar-refractivity contribution is -0.126. The summed E-state index contributed by atoms with van der Waals surface area (Å²) in [6, 6.07) is 10.3. The summed E-state index contributed by atoms with van der Waals surface area (Å²) in [6.45, 7) is 3.58. The van der Waals surface area contributed by atoms with Gasteiger partial charge in [-0.3, -0.25) is 9.69 Å². The van der Waals surface area contributed by atoms with Gasteiger partial charge in [-0.15, -0.1) is 24.8 Å². The number of likely N-dealkylation sites (tertiary alicyclic amines) is 1. The van der Waals surface area contributed by atoms with Crippen LogP contribution in [-0.4, -0.2) is 54.2 Å². The molecule has 4 rings (SSSR count). The number of nitrogens with two attached hydrogens (primary N) is 1. The van der Waals surface area contributed by atoms with Crippen molar-refractivity contribution in [2.75, 3.05) is 26.3 Å². The Labute approximate surface area is 195 Å². The van der Waals surface area contributed by atoms with Crippen LogP contribution >= 0.6 is 24.8 Å². The molecule has 0 radical (unpaired) electrons. The van der Waals surface area contributed by atoms with E-state index < -0.39 is 0 Å². The van der Waals surface area contributed by atoms with E-state index in [1.165, 1.54) is 0 Å². The molecule has 172 valence electrons. The van der Waals surface area contributed by atoms with Crippen LogP contribution < -0.4 is 11.1 Å². The van der Waals surface area contributed by atoms with Crippen molar-refractivity contribution in [1.82, 2.24) is 15.2 Å². The quantitative estimate of drug-likeness (QED) is 0.697. The summed E-state index contributed by atoms with van der Waals surface area (Å²) in [4.78, 5) is 19.8. The molecular weight excluding hydrogens is 439 g/mol. The Hall–Kier alpha value is -1.64. The Bertz CT molecular complexity index is 799. The van der Waals surface area contributed by atoms with Gasteiger partial charge in [0.05, 0.1) is 18.2 Å². The van der Waals surface area contributed by atoms with E-state index in [2.05, 4.69) is 15.2 Å². The molecule has 9 heteroatoms. The summed E-state index contributed by atoms with van der Waals surface area (Å²) in [7, 11) is 0. The lowest BCUT2D eigenvalue weighted by atomic mass is 10.0. The number of rotatable bonds is 5. The van der Waals surface area contributed by atoms with Gasteiger partial charge in [0.2, 0.25) is 11.8 Å². The van der Waals surface area contributed by atoms with E-state index in [0.29, 0.717) is 18.5 Å². The summed E-state index contributed by atoms with van der Waals surface area (Å²) in [6.07, 6.45) is 5.34. The number of hydrogen-bond acceptors (Lipinski definition) is 6. The Kier molecular flexibility index (Phi) is 10.3. The lowest BCUT2D eigenvalue weighted by Gasteiger charge is -2.35. The highest BCUT2D eigenvalue weighted by atomic mass is 35.5. The molecular formula is C22H32Cl2N4O3. The van der Waals surface area contributed by atoms with Crippen molar-refractivity contribution in [1.29, 1.82) is 0 Å². The third-order valence-electron chi connectivity index (χ3n) is 5.90. The van der Waals surface area contributed by atoms with Gasteiger partial charge >= 0.3 is 0 Å². The topological polar surface area (TPSA) is 93.6 Å². The minimum Gasteiger partial charge on any atom is -0.444 e. The number of carbonyl (C=O) groups is 1. The average Bonchev–Trinajstić information content (AvgIpc) is 3.15. The maximum Gasteiger partial charge on any atom is 0.226 e. The van der Waals surface area contributed by atoms with E-state index in [0.717, 1.165) is 63.2 Å². The summed E-state index contributed by atoms with van der Waals surface area (Å²) in [5.74, 6) is 0.591. The number of aromatic nitrogens is 1. The molecule has 0 saturated carbocycles. The molecule has 2 saturated heterocycles. The van der Waals surface area contributed by atoms with Crippen LogP contribution in [0.1, 0.15) is 31.4 Å². The van der Waals surface area contributed by atoms with Crippen LogP contribution in [0.5, 0.6) is 0 Å². The first-order valence-corrected chi connectivity index (χ1v) is 10.5. The fourth-order valence-corrected chi connectivity index (χ4v) is 4.24. The first-order valence-electron chi connectivity index (χ1n) is 10.5. The van der Waals surface area contributed by atoms with Gasteiger partial charge in [0, 0.05) is 44.0 Å². The zero-order valence-corrected chi connectivity index (χ0v) is 19.2. The van der Waals surface area contributed by atoms with Crippen LogP contribution in [0.2, 0.25) is 0 Å². The maximum atomic E-state index is 12.9. The number of benzene rings is 1. The van der Waals surface area contributed by atoms with Gasteiger partial charge in [-0.1, -0.05) is 18.2 Å². The van der Waals surface area contributed by atoms with Crippen molar-refractivity contribution >= 4 is 30.7 Å². The van der Waals surface area contributed by atoms with Crippen LogP contribution in [0.3, 0.4) is 0 Å². The van der Waals surface area contributed by atoms with Crippen molar-refractivity contribution in [3.63, 3.8) is 0 Å². The Morgan fingerprint density at radius 2 is 1.84 bits per heavy atom. The molecule has 2 atom stereocenters. The number of nitrogens with zero attached hydrogens (tertiary/aromatic N) is 2. The smallest absolute Gasteiger partial charge is 0.226 e. The molecule has 0 unspecified atom stereocenters. The summed E-state index contributed by atoms with van der Waals surface area (Å²) in [5, 5.41) is 3.05. The first kappa shape index (κ1) is 25.6. The SMILES string of the molecule is Cl.Cl.N[C@H]1CC[C@@H](C(=O)NCc2coc(-c3ccccc3)n2)CN(C2CCOCC2)C1. The summed E-state index contributed by atoms with van der Waals surface area (Å²) in [5.41, 5.74) is 7.94. The number of halogens is 2. The Morgan fingerprint density at radius 1 is 1.10 bits per heavy atom. The van der Waals surface area contributed by atoms with E-state index >= 15 is 0 Å². The highest BCUT2D eigenvalue weighted by molar-refractivity contribution is 5.85. The van der Waals surface area contributed by atoms with Gasteiger partial charge in [-0.2, -0.15) is 0 Å². The van der Waals surface area contributed by atoms with E-state index in [9.17, 15) is 4.79 Å². The van der Waals surface area contributed by atoms with E-state index in [1.54, 1.807) is 6.26 Å². The minimum atomic E-state index is -0.0492. The first-order chi connectivity index (χ1) is 14.2. The van der Waals surface area contributed by atoms with Crippen molar-refractivity contribution in [3.8, 4) is 11.5 Å². The molecule has 7 nitrogen and oxygen atoms in total. The molecule has 2 aromatic rings. The van der Waals surface area contributed by atoms with Crippen molar-refractivity contribution in [2.24, 2.45) is 11.7 Å². The number of oxazole rings is 1. The van der Waals surface area contributed by atoms with Gasteiger partial charge in [0.15, 0.2) is 0 Å². The highest BCUT2D eigenvalue weighted by Gasteiger charge is 2.31. The number of ether oxygens (including phenoxy) is 1. The van der Waals surface area contributed by atoms with Crippen molar-refractivity contribution in [2.45, 2.75) is 44.3 Å². The Morgan fingerprint density at radius 3 is 2.58 bits per heavy atom. The molecule has 1 aromatic carbocycles. The average molecular weight is 471 g/mol. The third kappa shape index (κ3) is 6.92. The molecule has 1 aromatic heterocycles. The van der Waals surface area contributed by atoms with Crippen molar-refractivity contribution in [3.05, 3.63) is 42.3 Å². The number of carbonyl (C=O) groups excluding carboxylic acids is 1. The fraction of sp³-hybridized carbons (Fsp3) is 0.545. The van der Waals surface area contributed by atoms with Crippen LogP contribution in [-0.2, 0) is 16.1 Å². The normalized spacial score (nSPS) is 22.6. The lowest BCUT2D eigenvalue weighted by Crippen LogP contribution is -2.47. The van der Waals surface area contributed by atoms with Crippen molar-refractivity contribution < 1.29 is 13.9 Å². The molecule has 31 heavy (non-hydrogen) atoms. The fourth-order valence-electron chi connectivity index (χ4n) is 4.24. The van der Waals surface area contributed by atoms with Crippen LogP contribution in [0.25, 0.3) is 11.5 Å². The van der Waals surface area contributed by atoms with E-state index in [4.69, 9.17) is 14.9 Å². The number of hydrogen-bond donors (Lipinski definition) is 2. The molecule has 0 aliphatic carbocycles. The molecule has 3 N–H and O–H groups in total. The molecule has 2 aliphatic rings. The predicted molar refractivity (Wildman–Crippen MR) is 124 cm³/mol. The molecule has 0 bridgehead atoms. The highest BCUT2D eigenvalue weighted by Crippen LogP contribution is 2.23. The summed E-state index contributed by atoms with van der Waals surface area (Å²) >= 11 is 0. The van der Waals surface area contributed by atoms with Gasteiger partial charge in [0.25, 0.3) is 0 Å². The monoisotopic (exact) mass is 470 g/mol. The number of nitrogens with one attached hydrogen (secondary N) is 1. The van der Waals surface area contributed by atoms with Crippen LogP contribution in [0.4, 0.5) is 0 Å². The predicted octanol–water partition coefficient (Wildman–Crippen LogP) is 3.02. The second-order valence-corrected chi connectivity index (χ2v) is 8.06. The van der Waals surface area contributed by atoms with Gasteiger partial charge in [-0.05, 0) is 37.8 Å². The number of amides is 1. The second kappa shape index (κ2) is 12.4. The molecule has 1 amide bonds. The standard InChI is InChI=1S/C22H30N4O3.2ClH/c23-18-7-6-17(13-26(14-18)20-8-10-28-11-9-20)21(27)24-12-19-15-29-22(25-19)16-4-2-1-3-5-16;;/h1-5,15,17-18,20H,6-14,23H2,(H,24,27);2*1H/t17-,18+;;/m1../s1. The minimum absolute atomic E-state index is 0. The zero-order chi connectivity index (χ0) is 20.1. The van der Waals surface area contributed by atoms with Crippen LogP contribution in [0.15, 0.2) is 41.0 Å². The van der Waals surface area contributed by atoms with E-state index in [1.807, 2.05) is 30.3 Å². The zero-order valence-electron chi connectivity index (χ0n) is 17.6. The molecule has 0 spiro atoms. The second-order valence-electron chi connectivity index (χ2n) is 8.06. The van der Waals surface area contributed by atoms with Gasteiger partial charge in [-0.25, -0.2) is 4.98 Å². The maximum absolute atomic E-state index is 12.9. The molecule has 2 fully saturated rings. The Balaban J connectivity index is 0.00000171. The summed E-state index contributed by atoms with van der Waals surface area (Å²) < 4.78 is 11.1. The van der Waals surface area contributed by atoms with Crippen LogP contribution in [0, 0.1) is 5.92 Å². The van der Waals surface area contributed by atoms with Gasteiger partial charge < -0.3 is 20.2 Å². The molecule has 3 heterocycles. The molecule has 2 aliphatic heterocycles. The van der Waals surface area contributed by atoms with E-state index in [-0.39, 0.29) is 42.7 Å². The third-order valence-corrected chi connectivity index (χ3v) is 5.90. The largest absolute Gasteiger partial charge is 0.444 e. The van der Waals surface area contributed by atoms with Gasteiger partial charge in [0.1, 0.15) is 6.26 Å².